The molecule has 2 unspecified atom stereocenters. The van der Waals surface area contributed by atoms with Crippen molar-refractivity contribution in [1.82, 2.24) is 9.47 Å². The van der Waals surface area contributed by atoms with Gasteiger partial charge in [0.2, 0.25) is 0 Å². The molecule has 2 aliphatic heterocycles. The summed E-state index contributed by atoms with van der Waals surface area (Å²) in [7, 11) is 2.17. The third-order valence-electron chi connectivity index (χ3n) is 3.60. The van der Waals surface area contributed by atoms with E-state index in [2.05, 4.69) is 54.7 Å². The van der Waals surface area contributed by atoms with Crippen molar-refractivity contribution < 1.29 is 17.2 Å². The number of likely N-dealkylation sites (N-methyl/N-ethyl adjacent to an activating group) is 1. The molecular formula is C12H15BrN2OPd. The Morgan fingerprint density at radius 3 is 2.94 bits per heavy atom. The summed E-state index contributed by atoms with van der Waals surface area (Å²) < 4.78 is 1.92. The first-order valence-corrected chi connectivity index (χ1v) is 9.21. The van der Waals surface area contributed by atoms with Gasteiger partial charge in [-0.2, -0.15) is 12.1 Å². The van der Waals surface area contributed by atoms with E-state index in [1.54, 1.807) is 6.07 Å². The zero-order valence-corrected chi connectivity index (χ0v) is 12.8. The molecule has 0 aromatic carbocycles. The first-order valence-electron chi connectivity index (χ1n) is 5.66. The number of hydrogen-bond donors (Lipinski definition) is 0. The van der Waals surface area contributed by atoms with Crippen molar-refractivity contribution in [2.24, 2.45) is 5.92 Å². The van der Waals surface area contributed by atoms with Crippen LogP contribution in [0.3, 0.4) is 0 Å². The van der Waals surface area contributed by atoms with Crippen molar-refractivity contribution in [3.05, 3.63) is 34.2 Å². The van der Waals surface area contributed by atoms with E-state index >= 15 is 0 Å². The van der Waals surface area contributed by atoms with E-state index in [0.717, 1.165) is 19.6 Å². The van der Waals surface area contributed by atoms with Crippen molar-refractivity contribution in [2.45, 2.75) is 18.9 Å². The molecule has 3 nitrogen and oxygen atoms in total. The molecule has 0 spiro atoms. The van der Waals surface area contributed by atoms with Gasteiger partial charge in [-0.15, -0.1) is 0 Å². The van der Waals surface area contributed by atoms with Gasteiger partial charge in [0.05, 0.1) is 0 Å². The molecule has 0 saturated carbocycles. The van der Waals surface area contributed by atoms with E-state index in [1.165, 1.54) is 12.1 Å². The molecule has 2 atom stereocenters. The third kappa shape index (κ3) is 2.73. The van der Waals surface area contributed by atoms with Gasteiger partial charge in [0.15, 0.2) is 5.56 Å². The number of halogens is 1. The second kappa shape index (κ2) is 5.79. The van der Waals surface area contributed by atoms with E-state index in [1.807, 2.05) is 4.57 Å². The van der Waals surface area contributed by atoms with Crippen LogP contribution in [0.1, 0.15) is 18.0 Å². The molecule has 3 heterocycles. The maximum absolute atomic E-state index is 11.7. The van der Waals surface area contributed by atoms with Gasteiger partial charge in [0, 0.05) is 19.6 Å². The molecule has 17 heavy (non-hydrogen) atoms. The Morgan fingerprint density at radius 2 is 2.18 bits per heavy atom. The molecule has 1 aromatic rings. The van der Waals surface area contributed by atoms with Gasteiger partial charge in [-0.3, -0.25) is 4.79 Å². The predicted octanol–water partition coefficient (Wildman–Crippen LogP) is 1.54. The first kappa shape index (κ1) is 13.5. The first-order chi connectivity index (χ1) is 8.24. The summed E-state index contributed by atoms with van der Waals surface area (Å²) in [6.07, 6.45) is 1.24. The van der Waals surface area contributed by atoms with E-state index in [0.29, 0.717) is 11.8 Å². The molecular weight excluding hydrogens is 374 g/mol. The predicted molar refractivity (Wildman–Crippen MR) is 66.8 cm³/mol. The van der Waals surface area contributed by atoms with Gasteiger partial charge in [0.1, 0.15) is 0 Å². The van der Waals surface area contributed by atoms with Gasteiger partial charge in [-0.1, -0.05) is 5.69 Å². The minimum absolute atomic E-state index is 0.0479. The fraction of sp³-hybridized carbons (Fsp3) is 0.583. The summed E-state index contributed by atoms with van der Waals surface area (Å²) in [5, 5.41) is 0. The topological polar surface area (TPSA) is 25.2 Å². The Balaban J connectivity index is 0.000000514. The summed E-state index contributed by atoms with van der Waals surface area (Å²) in [4.78, 5) is 14.0. The molecule has 1 saturated heterocycles. The number of pyridine rings is 1. The number of hydrogen-bond acceptors (Lipinski definition) is 2. The summed E-state index contributed by atoms with van der Waals surface area (Å²) in [5.74, 6) is 1.19. The zero-order chi connectivity index (χ0) is 12.4. The second-order valence-corrected chi connectivity index (χ2v) is 4.84. The number of rotatable bonds is 0. The molecule has 2 aliphatic rings. The average molecular weight is 390 g/mol. The van der Waals surface area contributed by atoms with Crippen LogP contribution in [-0.2, 0) is 23.7 Å². The molecule has 2 bridgehead atoms. The second-order valence-electron chi connectivity index (χ2n) is 4.84. The maximum atomic E-state index is 11.7. The zero-order valence-electron chi connectivity index (χ0n) is 9.63. The van der Waals surface area contributed by atoms with Crippen LogP contribution >= 0.6 is 13.4 Å². The van der Waals surface area contributed by atoms with E-state index in [-0.39, 0.29) is 5.56 Å². The summed E-state index contributed by atoms with van der Waals surface area (Å²) in [6, 6.07) is 6.58. The van der Waals surface area contributed by atoms with Crippen molar-refractivity contribution in [1.29, 1.82) is 0 Å². The van der Waals surface area contributed by atoms with Crippen LogP contribution in [0, 0.1) is 12.0 Å². The Labute approximate surface area is 119 Å². The SMILES string of the molecule is CN1CC2CC(C1)c1cc[c-]c(=O)n1C2.[Br][Pd+]. The van der Waals surface area contributed by atoms with Crippen LogP contribution in [0.25, 0.3) is 0 Å². The normalized spacial score (nSPS) is 26.8. The van der Waals surface area contributed by atoms with Crippen molar-refractivity contribution in [3.63, 3.8) is 0 Å². The van der Waals surface area contributed by atoms with Crippen LogP contribution in [0.4, 0.5) is 0 Å². The molecule has 3 rings (SSSR count). The molecule has 96 valence electrons. The summed E-state index contributed by atoms with van der Waals surface area (Å²) in [6.45, 7) is 3.09. The Morgan fingerprint density at radius 1 is 1.41 bits per heavy atom. The van der Waals surface area contributed by atoms with Gasteiger partial charge in [-0.25, -0.2) is 6.07 Å². The number of likely N-dealkylation sites (tertiary alicyclic amines) is 1. The standard InChI is InChI=1S/C12H15N2O.BrH.Pd/c1-13-6-9-5-10(8-13)11-3-2-4-12(15)14(11)7-9;;/h2-3,9-10H,5-8H2,1H3;1H;/q-1;;+2/p-1. The molecule has 1 aromatic heterocycles. The molecule has 1 fully saturated rings. The molecule has 0 radical (unpaired) electrons. The quantitative estimate of drug-likeness (QED) is 0.497. The van der Waals surface area contributed by atoms with E-state index < -0.39 is 0 Å². The monoisotopic (exact) mass is 388 g/mol. The molecule has 5 heteroatoms. The minimum atomic E-state index is 0.0479. The van der Waals surface area contributed by atoms with Gasteiger partial charge >= 0.3 is 30.6 Å². The van der Waals surface area contributed by atoms with Crippen molar-refractivity contribution in [3.8, 4) is 0 Å². The van der Waals surface area contributed by atoms with Gasteiger partial charge in [-0.05, 0) is 25.3 Å². The molecule has 0 aliphatic carbocycles. The third-order valence-corrected chi connectivity index (χ3v) is 3.60. The van der Waals surface area contributed by atoms with Crippen molar-refractivity contribution in [2.75, 3.05) is 20.1 Å². The molecule has 0 amide bonds. The van der Waals surface area contributed by atoms with Crippen LogP contribution in [-0.4, -0.2) is 29.6 Å². The van der Waals surface area contributed by atoms with Gasteiger partial charge < -0.3 is 9.47 Å². The van der Waals surface area contributed by atoms with Crippen LogP contribution in [0.2, 0.25) is 0 Å². The number of nitrogens with zero attached hydrogens (tertiary/aromatic N) is 2. The number of fused-ring (bicyclic) bond motifs is 4. The van der Waals surface area contributed by atoms with E-state index in [9.17, 15) is 4.79 Å². The Kier molecular flexibility index (Phi) is 4.60. The fourth-order valence-electron chi connectivity index (χ4n) is 3.08. The van der Waals surface area contributed by atoms with Crippen molar-refractivity contribution >= 4 is 13.4 Å². The molecule has 0 N–H and O–H groups in total. The fourth-order valence-corrected chi connectivity index (χ4v) is 3.08. The van der Waals surface area contributed by atoms with E-state index in [4.69, 9.17) is 0 Å². The van der Waals surface area contributed by atoms with Crippen LogP contribution in [0.5, 0.6) is 0 Å². The average Bonchev–Trinajstić information content (AvgIpc) is 2.33. The van der Waals surface area contributed by atoms with Crippen LogP contribution in [0.15, 0.2) is 16.9 Å². The van der Waals surface area contributed by atoms with Gasteiger partial charge in [0.25, 0.3) is 0 Å². The van der Waals surface area contributed by atoms with Crippen LogP contribution < -0.4 is 5.56 Å². The Hall–Kier alpha value is 0.0523. The Bertz CT molecular complexity index is 448. The number of piperidine rings is 1. The summed E-state index contributed by atoms with van der Waals surface area (Å²) >= 11 is 5.35. The summed E-state index contributed by atoms with van der Waals surface area (Å²) in [5.41, 5.74) is 1.26. The number of aromatic nitrogens is 1.